The number of nitrogens with zero attached hydrogens (tertiary/aromatic N) is 8. The Morgan fingerprint density at radius 1 is 0.813 bits per heavy atom. The molecule has 1 aromatic heterocycles. The van der Waals surface area contributed by atoms with Gasteiger partial charge in [-0.2, -0.15) is 0 Å². The number of carbonyl (C=O) groups excluding carboxylic acids is 4. The topological polar surface area (TPSA) is 246 Å². The molecule has 0 unspecified atom stereocenters. The van der Waals surface area contributed by atoms with Crippen LogP contribution in [0, 0.1) is 27.9 Å². The van der Waals surface area contributed by atoms with E-state index in [9.17, 15) is 42.8 Å². The molecule has 6 aromatic rings. The SMILES string of the molecule is Cc1ncsc1-c1ccc([C@H](C)NC(=O)[C@@H]2C[C@@H](O)CN2C(=O)[C@@H](NCCCCCCCC(=O)N2CCN(C[C@]3(C)CCC(c4ccc(Cl)cc4)=C(CN4CCN(c5ccc(C(=O)NS(=O)(=O)c6ccc(N[C@H](CCN7CCCCC7)CSc7ccccc7)c([N+](=O)[O-])c6)cc5)CC4)C3)CC2)C(C)(C)C)cc1. The Hall–Kier alpha value is -7.26. The molecular weight excluding hydrogens is 1430 g/mol. The van der Waals surface area contributed by atoms with Gasteiger partial charge in [-0.15, -0.1) is 23.1 Å². The predicted octanol–water partition coefficient (Wildman–Crippen LogP) is 13.3. The summed E-state index contributed by atoms with van der Waals surface area (Å²) < 4.78 is 29.7. The number of aliphatic hydroxyl groups excluding tert-OH is 1. The van der Waals surface area contributed by atoms with Crippen LogP contribution in [0.15, 0.2) is 142 Å². The Labute approximate surface area is 646 Å². The van der Waals surface area contributed by atoms with Crippen molar-refractivity contribution in [1.82, 2.24) is 44.8 Å². The summed E-state index contributed by atoms with van der Waals surface area (Å²) in [6, 6.07) is 35.2. The number of rotatable bonds is 32. The number of carbonyl (C=O) groups is 4. The number of hydrogen-bond donors (Lipinski definition) is 5. The largest absolute Gasteiger partial charge is 0.391 e. The fourth-order valence-electron chi connectivity index (χ4n) is 15.9. The van der Waals surface area contributed by atoms with Crippen LogP contribution < -0.4 is 25.6 Å². The third kappa shape index (κ3) is 22.3. The van der Waals surface area contributed by atoms with Gasteiger partial charge in [-0.3, -0.25) is 39.1 Å². The normalized spacial score (nSPS) is 20.2. The van der Waals surface area contributed by atoms with Crippen LogP contribution in [0.2, 0.25) is 5.02 Å². The molecule has 0 bridgehead atoms. The highest BCUT2D eigenvalue weighted by Gasteiger charge is 2.44. The van der Waals surface area contributed by atoms with E-state index >= 15 is 0 Å². The van der Waals surface area contributed by atoms with Crippen molar-refractivity contribution in [3.05, 3.63) is 170 Å². The van der Waals surface area contributed by atoms with Crippen molar-refractivity contribution in [1.29, 1.82) is 0 Å². The minimum Gasteiger partial charge on any atom is -0.391 e. The number of nitrogens with one attached hydrogen (secondary N) is 4. The molecule has 0 saturated carbocycles. The van der Waals surface area contributed by atoms with E-state index < -0.39 is 44.5 Å². The maximum atomic E-state index is 14.3. The number of hydrogen-bond acceptors (Lipinski definition) is 18. The van der Waals surface area contributed by atoms with E-state index in [1.807, 2.05) is 124 Å². The number of thiazole rings is 1. The van der Waals surface area contributed by atoms with E-state index in [0.29, 0.717) is 23.7 Å². The molecule has 0 radical (unpaired) electrons. The number of nitro groups is 1. The number of β-amino-alcohol motifs (C(OH)–C–C–N with tert-alkyl or cyclic N) is 1. The molecule has 0 spiro atoms. The van der Waals surface area contributed by atoms with Crippen molar-refractivity contribution in [2.45, 2.75) is 171 Å². The number of sulfonamides is 1. The van der Waals surface area contributed by atoms with Gasteiger partial charge in [-0.05, 0) is 179 Å². The molecule has 4 amide bonds. The average molecular weight is 1540 g/mol. The molecule has 4 saturated heterocycles. The lowest BCUT2D eigenvalue weighted by Crippen LogP contribution is -2.56. The van der Waals surface area contributed by atoms with Crippen molar-refractivity contribution < 1.29 is 37.6 Å². The first-order valence-electron chi connectivity index (χ1n) is 38.4. The van der Waals surface area contributed by atoms with Gasteiger partial charge in [-0.1, -0.05) is 125 Å². The Balaban J connectivity index is 0.600. The average Bonchev–Trinajstić information content (AvgIpc) is 1.76. The highest BCUT2D eigenvalue weighted by atomic mass is 35.5. The second kappa shape index (κ2) is 37.4. The molecule has 4 fully saturated rings. The van der Waals surface area contributed by atoms with E-state index in [1.54, 1.807) is 40.1 Å². The molecule has 5 aliphatic rings. The lowest BCUT2D eigenvalue weighted by Gasteiger charge is -2.44. The summed E-state index contributed by atoms with van der Waals surface area (Å²) in [6.07, 6.45) is 11.8. The van der Waals surface area contributed by atoms with Crippen LogP contribution in [-0.4, -0.2) is 200 Å². The van der Waals surface area contributed by atoms with Gasteiger partial charge in [0.25, 0.3) is 21.6 Å². The zero-order chi connectivity index (χ0) is 75.8. The molecule has 6 atom stereocenters. The monoisotopic (exact) mass is 1540 g/mol. The molecule has 5 N–H and O–H groups in total. The summed E-state index contributed by atoms with van der Waals surface area (Å²) in [7, 11) is -4.50. The van der Waals surface area contributed by atoms with E-state index in [-0.39, 0.29) is 70.0 Å². The van der Waals surface area contributed by atoms with Gasteiger partial charge in [0.2, 0.25) is 17.7 Å². The molecule has 11 rings (SSSR count). The Morgan fingerprint density at radius 2 is 1.50 bits per heavy atom. The van der Waals surface area contributed by atoms with Crippen LogP contribution in [0.25, 0.3) is 16.0 Å². The van der Waals surface area contributed by atoms with Gasteiger partial charge in [0, 0.05) is 130 Å². The third-order valence-electron chi connectivity index (χ3n) is 22.0. The first kappa shape index (κ1) is 80.7. The number of unbranched alkanes of at least 4 members (excludes halogenated alkanes) is 4. The van der Waals surface area contributed by atoms with Gasteiger partial charge in [0.05, 0.1) is 44.1 Å². The number of anilines is 2. The molecule has 576 valence electrons. The summed E-state index contributed by atoms with van der Waals surface area (Å²) in [5.74, 6) is -0.415. The highest BCUT2D eigenvalue weighted by molar-refractivity contribution is 7.99. The van der Waals surface area contributed by atoms with Crippen molar-refractivity contribution in [2.75, 3.05) is 114 Å². The van der Waals surface area contributed by atoms with E-state index in [1.165, 1.54) is 35.3 Å². The summed E-state index contributed by atoms with van der Waals surface area (Å²) in [6.45, 7) is 24.1. The molecular formula is C82H109ClN12O9S3. The van der Waals surface area contributed by atoms with Gasteiger partial charge < -0.3 is 40.7 Å². The van der Waals surface area contributed by atoms with Crippen LogP contribution in [0.4, 0.5) is 17.1 Å². The number of piperidine rings is 1. The molecule has 107 heavy (non-hydrogen) atoms. The molecule has 4 aliphatic heterocycles. The van der Waals surface area contributed by atoms with Crippen LogP contribution in [-0.2, 0) is 24.4 Å². The van der Waals surface area contributed by atoms with Crippen LogP contribution in [0.5, 0.6) is 0 Å². The number of halogens is 1. The summed E-state index contributed by atoms with van der Waals surface area (Å²) in [4.78, 5) is 86.9. The number of allylic oxidation sites excluding steroid dienone is 1. The van der Waals surface area contributed by atoms with E-state index in [4.69, 9.17) is 11.6 Å². The molecule has 21 nitrogen and oxygen atoms in total. The summed E-state index contributed by atoms with van der Waals surface area (Å²) in [5, 5.41) is 34.1. The zero-order valence-corrected chi connectivity index (χ0v) is 66.3. The number of aryl methyl sites for hydroxylation is 1. The number of thioether (sulfide) groups is 1. The predicted molar refractivity (Wildman–Crippen MR) is 430 cm³/mol. The molecule has 25 heteroatoms. The standard InChI is InChI=1S/C82H109ClN12O9S3/c1-58(60-21-23-62(24-22-60)76-59(2)85-57-106-76)86-79(99)74-50-68(96)54-94(74)80(100)77(81(3,4)5)84-38-15-9-7-8-14-20-75(97)93-48-44-91(45-49-93)56-82(6)37-35-71(61-25-29-65(83)30-26-61)64(52-82)53-90-42-46-92(47-43-90)67-31-27-63(28-32-67)78(98)88-107(103,104)70-33-34-72(73(51-70)95(101)102)87-66(36-41-89-39-16-11-17-40-89)55-105-69-18-12-10-13-19-69/h10,12-13,18-19,21-34,51,57-58,66,68,74,77,84,87,96H,7-9,11,14-17,20,35-50,52-56H2,1-6H3,(H,86,99)(H,88,98)/t58-,66+,68+,74-,77+,82+/m0/s1. The lowest BCUT2D eigenvalue weighted by molar-refractivity contribution is -0.384. The molecule has 1 aliphatic carbocycles. The zero-order valence-electron chi connectivity index (χ0n) is 63.1. The van der Waals surface area contributed by atoms with Crippen molar-refractivity contribution in [3.63, 3.8) is 0 Å². The molecule has 5 aromatic carbocycles. The van der Waals surface area contributed by atoms with Crippen molar-refractivity contribution >= 4 is 91.0 Å². The minimum atomic E-state index is -4.50. The second-order valence-corrected chi connectivity index (χ2v) is 35.4. The lowest BCUT2D eigenvalue weighted by atomic mass is 9.71. The second-order valence-electron chi connectivity index (χ2n) is 31.4. The summed E-state index contributed by atoms with van der Waals surface area (Å²) in [5.41, 5.74) is 9.37. The van der Waals surface area contributed by atoms with Gasteiger partial charge in [0.1, 0.15) is 11.7 Å². The van der Waals surface area contributed by atoms with Gasteiger partial charge >= 0.3 is 0 Å². The molecule has 5 heterocycles. The first-order valence-corrected chi connectivity index (χ1v) is 42.2. The van der Waals surface area contributed by atoms with Crippen LogP contribution in [0.3, 0.4) is 0 Å². The number of likely N-dealkylation sites (tertiary alicyclic amines) is 2. The number of aromatic nitrogens is 1. The maximum absolute atomic E-state index is 14.3. The number of piperazine rings is 2. The fraction of sp³-hybridized carbons (Fsp3) is 0.524. The van der Waals surface area contributed by atoms with Crippen molar-refractivity contribution in [3.8, 4) is 10.4 Å². The third-order valence-corrected chi connectivity index (χ3v) is 25.8. The van der Waals surface area contributed by atoms with E-state index in [2.05, 4.69) is 64.3 Å². The van der Waals surface area contributed by atoms with Gasteiger partial charge in [-0.25, -0.2) is 18.1 Å². The number of aliphatic hydroxyl groups is 1. The maximum Gasteiger partial charge on any atom is 0.293 e. The first-order chi connectivity index (χ1) is 51.3. The Morgan fingerprint density at radius 3 is 2.18 bits per heavy atom. The van der Waals surface area contributed by atoms with Gasteiger partial charge in [0.15, 0.2) is 0 Å². The highest BCUT2D eigenvalue weighted by Crippen LogP contribution is 2.45. The Kier molecular flexibility index (Phi) is 28.2. The number of benzene rings is 5. The number of nitro benzene ring substituents is 1. The minimum absolute atomic E-state index is 0.0404. The summed E-state index contributed by atoms with van der Waals surface area (Å²) >= 11 is 9.68. The van der Waals surface area contributed by atoms with Crippen molar-refractivity contribution in [2.24, 2.45) is 10.8 Å². The van der Waals surface area contributed by atoms with Crippen LogP contribution >= 0.6 is 34.7 Å². The Bertz CT molecular complexity index is 4120. The number of amides is 4. The van der Waals surface area contributed by atoms with Crippen LogP contribution in [0.1, 0.15) is 158 Å². The quantitative estimate of drug-likeness (QED) is 0.0114. The smallest absolute Gasteiger partial charge is 0.293 e. The fourth-order valence-corrected chi connectivity index (χ4v) is 18.8. The van der Waals surface area contributed by atoms with E-state index in [0.717, 1.165) is 194 Å².